The molecule has 1 saturated heterocycles. The lowest BCUT2D eigenvalue weighted by molar-refractivity contribution is 0.146. The molecule has 1 heterocycles. The Kier molecular flexibility index (Phi) is 6.02. The zero-order valence-electron chi connectivity index (χ0n) is 10.4. The topological polar surface area (TPSA) is 44.3 Å². The number of nitrogens with one attached hydrogen (secondary N) is 2. The number of hydrogen-bond donors (Lipinski definition) is 3. The van der Waals surface area contributed by atoms with E-state index in [4.69, 9.17) is 0 Å². The fourth-order valence-corrected chi connectivity index (χ4v) is 2.08. The molecule has 0 aromatic heterocycles. The van der Waals surface area contributed by atoms with Gasteiger partial charge in [-0.25, -0.2) is 4.39 Å². The number of β-amino-alcohol motifs (C(OH)–C–C–N with tert-alkyl or cyclic N) is 1. The van der Waals surface area contributed by atoms with Crippen molar-refractivity contribution in [2.24, 2.45) is 5.92 Å². The van der Waals surface area contributed by atoms with Crippen molar-refractivity contribution < 1.29 is 9.50 Å². The highest BCUT2D eigenvalue weighted by atomic mass is 35.5. The van der Waals surface area contributed by atoms with Gasteiger partial charge in [-0.15, -0.1) is 12.4 Å². The lowest BCUT2D eigenvalue weighted by Gasteiger charge is -2.14. The summed E-state index contributed by atoms with van der Waals surface area (Å²) in [6.45, 7) is 4.67. The summed E-state index contributed by atoms with van der Waals surface area (Å²) in [5.74, 6) is 0.0946. The minimum atomic E-state index is -0.266. The summed E-state index contributed by atoms with van der Waals surface area (Å²) in [5.41, 5.74) is 1.61. The van der Waals surface area contributed by atoms with Crippen molar-refractivity contribution >= 4 is 12.4 Å². The van der Waals surface area contributed by atoms with Crippen molar-refractivity contribution in [1.82, 2.24) is 10.6 Å². The molecule has 0 spiro atoms. The van der Waals surface area contributed by atoms with Crippen LogP contribution < -0.4 is 10.6 Å². The van der Waals surface area contributed by atoms with E-state index in [1.54, 1.807) is 19.1 Å². The highest BCUT2D eigenvalue weighted by Gasteiger charge is 2.23. The van der Waals surface area contributed by atoms with Gasteiger partial charge in [0.15, 0.2) is 0 Å². The Morgan fingerprint density at radius 3 is 2.83 bits per heavy atom. The summed E-state index contributed by atoms with van der Waals surface area (Å²) >= 11 is 0. The molecular formula is C13H20ClFN2O. The van der Waals surface area contributed by atoms with E-state index >= 15 is 0 Å². The van der Waals surface area contributed by atoms with Crippen LogP contribution in [0.5, 0.6) is 0 Å². The van der Waals surface area contributed by atoms with E-state index in [1.165, 1.54) is 0 Å². The molecule has 2 unspecified atom stereocenters. The fraction of sp³-hybridized carbons (Fsp3) is 0.538. The Labute approximate surface area is 113 Å². The Morgan fingerprint density at radius 2 is 2.22 bits per heavy atom. The highest BCUT2D eigenvalue weighted by molar-refractivity contribution is 5.85. The molecule has 2 rings (SSSR count). The van der Waals surface area contributed by atoms with Crippen LogP contribution in [0.25, 0.3) is 0 Å². The second-order valence-corrected chi connectivity index (χ2v) is 4.70. The van der Waals surface area contributed by atoms with Crippen LogP contribution in [0.3, 0.4) is 0 Å². The van der Waals surface area contributed by atoms with Gasteiger partial charge in [-0.05, 0) is 24.1 Å². The first-order chi connectivity index (χ1) is 8.16. The average Bonchev–Trinajstić information content (AvgIpc) is 2.70. The van der Waals surface area contributed by atoms with Gasteiger partial charge in [0.1, 0.15) is 5.82 Å². The minimum Gasteiger partial charge on any atom is -0.391 e. The Balaban J connectivity index is 0.00000162. The Morgan fingerprint density at radius 1 is 1.44 bits per heavy atom. The first-order valence-electron chi connectivity index (χ1n) is 6.01. The maximum Gasteiger partial charge on any atom is 0.126 e. The first-order valence-corrected chi connectivity index (χ1v) is 6.01. The lowest BCUT2D eigenvalue weighted by Crippen LogP contribution is -2.30. The number of aliphatic hydroxyl groups is 1. The van der Waals surface area contributed by atoms with Gasteiger partial charge in [-0.1, -0.05) is 12.1 Å². The molecule has 1 aromatic rings. The molecule has 0 bridgehead atoms. The smallest absolute Gasteiger partial charge is 0.126 e. The highest BCUT2D eigenvalue weighted by Crippen LogP contribution is 2.10. The number of benzene rings is 1. The van der Waals surface area contributed by atoms with Gasteiger partial charge in [0.25, 0.3) is 0 Å². The van der Waals surface area contributed by atoms with E-state index in [1.807, 2.05) is 6.07 Å². The third-order valence-electron chi connectivity index (χ3n) is 3.28. The van der Waals surface area contributed by atoms with Crippen molar-refractivity contribution in [1.29, 1.82) is 0 Å². The van der Waals surface area contributed by atoms with Crippen molar-refractivity contribution in [2.45, 2.75) is 19.6 Å². The molecule has 0 saturated carbocycles. The molecule has 1 aromatic carbocycles. The van der Waals surface area contributed by atoms with Gasteiger partial charge in [-0.2, -0.15) is 0 Å². The van der Waals surface area contributed by atoms with E-state index < -0.39 is 0 Å². The van der Waals surface area contributed by atoms with Crippen LogP contribution in [0.2, 0.25) is 0 Å². The van der Waals surface area contributed by atoms with E-state index in [9.17, 15) is 9.50 Å². The van der Waals surface area contributed by atoms with E-state index in [-0.39, 0.29) is 30.2 Å². The number of aliphatic hydroxyl groups excluding tert-OH is 1. The number of hydrogen-bond acceptors (Lipinski definition) is 3. The van der Waals surface area contributed by atoms with Crippen LogP contribution in [0, 0.1) is 18.7 Å². The molecule has 2 atom stereocenters. The maximum atomic E-state index is 13.3. The molecule has 1 aliphatic rings. The van der Waals surface area contributed by atoms with Gasteiger partial charge in [0, 0.05) is 32.1 Å². The molecule has 102 valence electrons. The third-order valence-corrected chi connectivity index (χ3v) is 3.28. The summed E-state index contributed by atoms with van der Waals surface area (Å²) in [6, 6.07) is 5.28. The van der Waals surface area contributed by atoms with Crippen molar-refractivity contribution in [3.05, 3.63) is 35.1 Å². The normalized spacial score (nSPS) is 22.8. The molecule has 5 heteroatoms. The number of halogens is 2. The van der Waals surface area contributed by atoms with Crippen LogP contribution in [0.4, 0.5) is 4.39 Å². The van der Waals surface area contributed by atoms with Crippen LogP contribution in [-0.4, -0.2) is 30.8 Å². The summed E-state index contributed by atoms with van der Waals surface area (Å²) in [5, 5.41) is 16.0. The quantitative estimate of drug-likeness (QED) is 0.774. The van der Waals surface area contributed by atoms with E-state index in [0.29, 0.717) is 18.7 Å². The van der Waals surface area contributed by atoms with Crippen LogP contribution >= 0.6 is 12.4 Å². The van der Waals surface area contributed by atoms with Gasteiger partial charge < -0.3 is 15.7 Å². The zero-order chi connectivity index (χ0) is 12.3. The predicted octanol–water partition coefficient (Wildman–Crippen LogP) is 1.23. The molecule has 1 fully saturated rings. The van der Waals surface area contributed by atoms with Crippen molar-refractivity contribution in [3.8, 4) is 0 Å². The first kappa shape index (κ1) is 15.4. The predicted molar refractivity (Wildman–Crippen MR) is 72.5 cm³/mol. The standard InChI is InChI=1S/C13H19FN2O.ClH/c1-9-2-3-10(4-12(9)14)5-15-6-11-7-16-8-13(11)17;/h2-4,11,13,15-17H,5-8H2,1H3;1H. The monoisotopic (exact) mass is 274 g/mol. The molecule has 0 radical (unpaired) electrons. The Bertz CT molecular complexity index is 389. The SMILES string of the molecule is Cc1ccc(CNCC2CNCC2O)cc1F.Cl. The molecule has 18 heavy (non-hydrogen) atoms. The van der Waals surface area contributed by atoms with Crippen molar-refractivity contribution in [2.75, 3.05) is 19.6 Å². The fourth-order valence-electron chi connectivity index (χ4n) is 2.08. The lowest BCUT2D eigenvalue weighted by atomic mass is 10.1. The van der Waals surface area contributed by atoms with Gasteiger partial charge in [-0.3, -0.25) is 0 Å². The minimum absolute atomic E-state index is 0. The maximum absolute atomic E-state index is 13.3. The summed E-state index contributed by atoms with van der Waals surface area (Å²) in [6.07, 6.45) is -0.266. The molecular weight excluding hydrogens is 255 g/mol. The second-order valence-electron chi connectivity index (χ2n) is 4.70. The van der Waals surface area contributed by atoms with Crippen LogP contribution in [0.15, 0.2) is 18.2 Å². The molecule has 0 aliphatic carbocycles. The van der Waals surface area contributed by atoms with Gasteiger partial charge in [0.2, 0.25) is 0 Å². The molecule has 1 aliphatic heterocycles. The summed E-state index contributed by atoms with van der Waals surface area (Å²) in [4.78, 5) is 0. The van der Waals surface area contributed by atoms with Crippen molar-refractivity contribution in [3.63, 3.8) is 0 Å². The Hall–Kier alpha value is -0.680. The molecule has 3 nitrogen and oxygen atoms in total. The molecule has 0 amide bonds. The van der Waals surface area contributed by atoms with E-state index in [2.05, 4.69) is 10.6 Å². The van der Waals surface area contributed by atoms with E-state index in [0.717, 1.165) is 18.7 Å². The third kappa shape index (κ3) is 3.92. The summed E-state index contributed by atoms with van der Waals surface area (Å²) < 4.78 is 13.3. The number of rotatable bonds is 4. The average molecular weight is 275 g/mol. The zero-order valence-corrected chi connectivity index (χ0v) is 11.3. The van der Waals surface area contributed by atoms with Gasteiger partial charge >= 0.3 is 0 Å². The second kappa shape index (κ2) is 7.04. The molecule has 3 N–H and O–H groups in total. The van der Waals surface area contributed by atoms with Crippen LogP contribution in [-0.2, 0) is 6.54 Å². The summed E-state index contributed by atoms with van der Waals surface area (Å²) in [7, 11) is 0. The van der Waals surface area contributed by atoms with Gasteiger partial charge in [0.05, 0.1) is 6.10 Å². The van der Waals surface area contributed by atoms with Crippen LogP contribution in [0.1, 0.15) is 11.1 Å². The largest absolute Gasteiger partial charge is 0.391 e. The number of aryl methyl sites for hydroxylation is 1.